The molecule has 0 unspecified atom stereocenters. The van der Waals surface area contributed by atoms with E-state index < -0.39 is 0 Å². The molecular formula is C13H15FN4O. The Morgan fingerprint density at radius 1 is 1.42 bits per heavy atom. The van der Waals surface area contributed by atoms with Crippen molar-refractivity contribution in [3.63, 3.8) is 0 Å². The van der Waals surface area contributed by atoms with E-state index >= 15 is 0 Å². The molecule has 1 heterocycles. The molecule has 0 bridgehead atoms. The van der Waals surface area contributed by atoms with Gasteiger partial charge in [0.05, 0.1) is 12.9 Å². The zero-order valence-corrected chi connectivity index (χ0v) is 10.3. The maximum absolute atomic E-state index is 12.9. The number of nitrogens with zero attached hydrogens (tertiary/aromatic N) is 2. The molecule has 0 saturated heterocycles. The summed E-state index contributed by atoms with van der Waals surface area (Å²) in [5, 5.41) is 5.62. The Hall–Kier alpha value is -2.21. The third-order valence-corrected chi connectivity index (χ3v) is 2.50. The molecule has 1 aromatic carbocycles. The zero-order valence-electron chi connectivity index (χ0n) is 10.3. The molecule has 0 aliphatic carbocycles. The highest BCUT2D eigenvalue weighted by Crippen LogP contribution is 2.08. The summed E-state index contributed by atoms with van der Waals surface area (Å²) in [6.07, 6.45) is 5.28. The van der Waals surface area contributed by atoms with Gasteiger partial charge in [-0.05, 0) is 18.2 Å². The monoisotopic (exact) mass is 262 g/mol. The fourth-order valence-electron chi connectivity index (χ4n) is 1.60. The van der Waals surface area contributed by atoms with Crippen LogP contribution in [0.5, 0.6) is 0 Å². The number of anilines is 1. The van der Waals surface area contributed by atoms with Crippen LogP contribution in [0.2, 0.25) is 0 Å². The average Bonchev–Trinajstić information content (AvgIpc) is 2.88. The first kappa shape index (κ1) is 13.2. The molecule has 0 aliphatic rings. The molecule has 0 atom stereocenters. The quantitative estimate of drug-likeness (QED) is 0.770. The summed E-state index contributed by atoms with van der Waals surface area (Å²) in [5.74, 6) is -0.568. The van der Waals surface area contributed by atoms with Crippen LogP contribution in [-0.2, 0) is 11.3 Å². The van der Waals surface area contributed by atoms with Gasteiger partial charge in [0.2, 0.25) is 5.91 Å². The molecule has 0 radical (unpaired) electrons. The van der Waals surface area contributed by atoms with E-state index in [0.29, 0.717) is 12.2 Å². The number of benzene rings is 1. The van der Waals surface area contributed by atoms with Gasteiger partial charge in [0, 0.05) is 31.2 Å². The molecule has 0 spiro atoms. The fraction of sp³-hybridized carbons (Fsp3) is 0.231. The van der Waals surface area contributed by atoms with Crippen molar-refractivity contribution in [3.05, 3.63) is 48.8 Å². The van der Waals surface area contributed by atoms with E-state index in [1.165, 1.54) is 12.1 Å². The van der Waals surface area contributed by atoms with Gasteiger partial charge in [0.25, 0.3) is 0 Å². The Morgan fingerprint density at radius 2 is 2.32 bits per heavy atom. The Balaban J connectivity index is 1.67. The number of rotatable bonds is 6. The Labute approximate surface area is 110 Å². The summed E-state index contributed by atoms with van der Waals surface area (Å²) in [6, 6.07) is 5.81. The van der Waals surface area contributed by atoms with Crippen molar-refractivity contribution in [2.75, 3.05) is 18.4 Å². The minimum Gasteiger partial charge on any atom is -0.336 e. The van der Waals surface area contributed by atoms with Crippen molar-refractivity contribution in [2.45, 2.75) is 6.54 Å². The van der Waals surface area contributed by atoms with Crippen LogP contribution in [-0.4, -0.2) is 28.5 Å². The predicted molar refractivity (Wildman–Crippen MR) is 70.1 cm³/mol. The van der Waals surface area contributed by atoms with Crippen LogP contribution in [0.4, 0.5) is 10.1 Å². The number of halogens is 1. The third-order valence-electron chi connectivity index (χ3n) is 2.50. The zero-order chi connectivity index (χ0) is 13.5. The van der Waals surface area contributed by atoms with Crippen LogP contribution in [0.3, 0.4) is 0 Å². The lowest BCUT2D eigenvalue weighted by Crippen LogP contribution is -2.30. The minimum absolute atomic E-state index is 0.186. The average molecular weight is 262 g/mol. The summed E-state index contributed by atoms with van der Waals surface area (Å²) < 4.78 is 14.8. The van der Waals surface area contributed by atoms with Gasteiger partial charge in [0.15, 0.2) is 0 Å². The minimum atomic E-state index is -0.370. The number of nitrogens with one attached hydrogen (secondary N) is 2. The van der Waals surface area contributed by atoms with Crippen LogP contribution in [0.1, 0.15) is 0 Å². The van der Waals surface area contributed by atoms with Gasteiger partial charge in [-0.3, -0.25) is 4.79 Å². The highest BCUT2D eigenvalue weighted by atomic mass is 19.1. The summed E-state index contributed by atoms with van der Waals surface area (Å²) in [7, 11) is 0. The van der Waals surface area contributed by atoms with Gasteiger partial charge in [-0.25, -0.2) is 9.37 Å². The van der Waals surface area contributed by atoms with E-state index in [4.69, 9.17) is 0 Å². The lowest BCUT2D eigenvalue weighted by atomic mass is 10.3. The number of hydrogen-bond donors (Lipinski definition) is 2. The number of imidazole rings is 1. The SMILES string of the molecule is O=C(CNCCn1ccnc1)Nc1cccc(F)c1. The van der Waals surface area contributed by atoms with Crippen LogP contribution < -0.4 is 10.6 Å². The van der Waals surface area contributed by atoms with Gasteiger partial charge in [-0.1, -0.05) is 6.07 Å². The van der Waals surface area contributed by atoms with Crippen molar-refractivity contribution in [1.29, 1.82) is 0 Å². The van der Waals surface area contributed by atoms with E-state index in [0.717, 1.165) is 6.54 Å². The number of hydrogen-bond acceptors (Lipinski definition) is 3. The largest absolute Gasteiger partial charge is 0.336 e. The molecular weight excluding hydrogens is 247 g/mol. The summed E-state index contributed by atoms with van der Waals surface area (Å²) in [4.78, 5) is 15.5. The second kappa shape index (κ2) is 6.65. The first-order valence-electron chi connectivity index (χ1n) is 5.96. The highest BCUT2D eigenvalue weighted by Gasteiger charge is 2.02. The Bertz CT molecular complexity index is 527. The van der Waals surface area contributed by atoms with Crippen molar-refractivity contribution in [1.82, 2.24) is 14.9 Å². The molecule has 0 saturated carbocycles. The lowest BCUT2D eigenvalue weighted by molar-refractivity contribution is -0.115. The first-order valence-corrected chi connectivity index (χ1v) is 5.96. The number of aromatic nitrogens is 2. The topological polar surface area (TPSA) is 59.0 Å². The summed E-state index contributed by atoms with van der Waals surface area (Å²) >= 11 is 0. The number of carbonyl (C=O) groups is 1. The first-order chi connectivity index (χ1) is 9.24. The van der Waals surface area contributed by atoms with Crippen molar-refractivity contribution >= 4 is 11.6 Å². The van der Waals surface area contributed by atoms with Crippen LogP contribution >= 0.6 is 0 Å². The van der Waals surface area contributed by atoms with E-state index in [9.17, 15) is 9.18 Å². The third kappa shape index (κ3) is 4.51. The standard InChI is InChI=1S/C13H15FN4O/c14-11-2-1-3-12(8-11)17-13(19)9-15-4-6-18-7-5-16-10-18/h1-3,5,7-8,10,15H,4,6,9H2,(H,17,19). The molecule has 5 nitrogen and oxygen atoms in total. The van der Waals surface area contributed by atoms with Gasteiger partial charge in [-0.15, -0.1) is 0 Å². The van der Waals surface area contributed by atoms with Crippen LogP contribution in [0.15, 0.2) is 43.0 Å². The predicted octanol–water partition coefficient (Wildman–Crippen LogP) is 1.25. The maximum atomic E-state index is 12.9. The lowest BCUT2D eigenvalue weighted by Gasteiger charge is -2.07. The second-order valence-corrected chi connectivity index (χ2v) is 4.04. The van der Waals surface area contributed by atoms with E-state index in [2.05, 4.69) is 15.6 Å². The normalized spacial score (nSPS) is 10.4. The van der Waals surface area contributed by atoms with Gasteiger partial charge < -0.3 is 15.2 Å². The van der Waals surface area contributed by atoms with E-state index in [-0.39, 0.29) is 18.3 Å². The van der Waals surface area contributed by atoms with Crippen LogP contribution in [0, 0.1) is 5.82 Å². The summed E-state index contributed by atoms with van der Waals surface area (Å²) in [6.45, 7) is 1.59. The van der Waals surface area contributed by atoms with Gasteiger partial charge in [0.1, 0.15) is 5.82 Å². The highest BCUT2D eigenvalue weighted by molar-refractivity contribution is 5.92. The van der Waals surface area contributed by atoms with Gasteiger partial charge in [-0.2, -0.15) is 0 Å². The Kier molecular flexibility index (Phi) is 4.63. The van der Waals surface area contributed by atoms with E-state index in [1.807, 2.05) is 10.8 Å². The second-order valence-electron chi connectivity index (χ2n) is 4.04. The smallest absolute Gasteiger partial charge is 0.238 e. The number of carbonyl (C=O) groups excluding carboxylic acids is 1. The molecule has 1 aromatic heterocycles. The summed E-state index contributed by atoms with van der Waals surface area (Å²) in [5.41, 5.74) is 0.460. The molecule has 1 amide bonds. The molecule has 2 rings (SSSR count). The molecule has 2 N–H and O–H groups in total. The van der Waals surface area contributed by atoms with E-state index in [1.54, 1.807) is 24.7 Å². The molecule has 19 heavy (non-hydrogen) atoms. The molecule has 0 aliphatic heterocycles. The fourth-order valence-corrected chi connectivity index (χ4v) is 1.60. The molecule has 100 valence electrons. The number of amides is 1. The maximum Gasteiger partial charge on any atom is 0.238 e. The molecule has 0 fully saturated rings. The van der Waals surface area contributed by atoms with Crippen molar-refractivity contribution in [2.24, 2.45) is 0 Å². The Morgan fingerprint density at radius 3 is 3.05 bits per heavy atom. The van der Waals surface area contributed by atoms with Gasteiger partial charge >= 0.3 is 0 Å². The van der Waals surface area contributed by atoms with Crippen molar-refractivity contribution in [3.8, 4) is 0 Å². The van der Waals surface area contributed by atoms with Crippen molar-refractivity contribution < 1.29 is 9.18 Å². The molecule has 6 heteroatoms. The van der Waals surface area contributed by atoms with Crippen LogP contribution in [0.25, 0.3) is 0 Å². The molecule has 2 aromatic rings.